The highest BCUT2D eigenvalue weighted by atomic mass is 19.1. The van der Waals surface area contributed by atoms with E-state index in [9.17, 15) is 14.0 Å². The third-order valence-corrected chi connectivity index (χ3v) is 3.89. The molecule has 1 aromatic rings. The average Bonchev–Trinajstić information content (AvgIpc) is 2.81. The van der Waals surface area contributed by atoms with Gasteiger partial charge in [0.2, 0.25) is 5.67 Å². The Kier molecular flexibility index (Phi) is 3.78. The van der Waals surface area contributed by atoms with Crippen molar-refractivity contribution in [2.75, 3.05) is 13.1 Å². The quantitative estimate of drug-likeness (QED) is 0.912. The summed E-state index contributed by atoms with van der Waals surface area (Å²) in [6.45, 7) is 5.97. The fourth-order valence-electron chi connectivity index (χ4n) is 2.42. The van der Waals surface area contributed by atoms with Crippen LogP contribution in [0.1, 0.15) is 43.1 Å². The molecule has 1 heterocycles. The van der Waals surface area contributed by atoms with Crippen LogP contribution in [0.25, 0.3) is 0 Å². The van der Waals surface area contributed by atoms with Crippen molar-refractivity contribution in [2.45, 2.75) is 38.3 Å². The molecule has 21 heavy (non-hydrogen) atoms. The number of benzene rings is 1. The Morgan fingerprint density at radius 3 is 2.24 bits per heavy atom. The van der Waals surface area contributed by atoms with Crippen LogP contribution in [0.3, 0.4) is 0 Å². The molecule has 0 aliphatic carbocycles. The van der Waals surface area contributed by atoms with Gasteiger partial charge in [0, 0.05) is 18.5 Å². The highest BCUT2D eigenvalue weighted by molar-refractivity contribution is 5.95. The first-order valence-corrected chi connectivity index (χ1v) is 6.96. The maximum atomic E-state index is 14.0. The van der Waals surface area contributed by atoms with Gasteiger partial charge >= 0.3 is 5.97 Å². The largest absolute Gasteiger partial charge is 0.479 e. The number of carbonyl (C=O) groups excluding carboxylic acids is 1. The highest BCUT2D eigenvalue weighted by Crippen LogP contribution is 2.28. The SMILES string of the molecule is CC(C)(C)c1ccc(C(=O)N2CCC(F)(C(=O)O)C2)cc1. The summed E-state index contributed by atoms with van der Waals surface area (Å²) >= 11 is 0. The summed E-state index contributed by atoms with van der Waals surface area (Å²) in [4.78, 5) is 24.4. The van der Waals surface area contributed by atoms with Crippen LogP contribution in [0, 0.1) is 0 Å². The van der Waals surface area contributed by atoms with Gasteiger partial charge in [-0.05, 0) is 23.1 Å². The molecule has 0 radical (unpaired) electrons. The molecule has 1 saturated heterocycles. The summed E-state index contributed by atoms with van der Waals surface area (Å²) in [5.74, 6) is -1.82. The smallest absolute Gasteiger partial charge is 0.343 e. The van der Waals surface area contributed by atoms with E-state index in [1.165, 1.54) is 4.90 Å². The van der Waals surface area contributed by atoms with Crippen LogP contribution in [-0.4, -0.2) is 40.6 Å². The maximum Gasteiger partial charge on any atom is 0.343 e. The van der Waals surface area contributed by atoms with Gasteiger partial charge in [-0.2, -0.15) is 0 Å². The van der Waals surface area contributed by atoms with E-state index < -0.39 is 11.6 Å². The van der Waals surface area contributed by atoms with E-state index in [0.29, 0.717) is 5.56 Å². The summed E-state index contributed by atoms with van der Waals surface area (Å²) in [7, 11) is 0. The number of halogens is 1. The molecule has 1 aromatic carbocycles. The van der Waals surface area contributed by atoms with Crippen molar-refractivity contribution < 1.29 is 19.1 Å². The van der Waals surface area contributed by atoms with Crippen molar-refractivity contribution in [3.05, 3.63) is 35.4 Å². The number of carbonyl (C=O) groups is 2. The zero-order valence-corrected chi connectivity index (χ0v) is 12.5. The van der Waals surface area contributed by atoms with Gasteiger partial charge < -0.3 is 10.0 Å². The second-order valence-corrected chi connectivity index (χ2v) is 6.57. The molecular formula is C16H20FNO3. The van der Waals surface area contributed by atoms with Crippen LogP contribution in [0.15, 0.2) is 24.3 Å². The Bertz CT molecular complexity index is 562. The summed E-state index contributed by atoms with van der Waals surface area (Å²) in [5.41, 5.74) is -0.767. The molecular weight excluding hydrogens is 273 g/mol. The summed E-state index contributed by atoms with van der Waals surface area (Å²) in [5, 5.41) is 8.86. The minimum Gasteiger partial charge on any atom is -0.479 e. The fourth-order valence-corrected chi connectivity index (χ4v) is 2.42. The Hall–Kier alpha value is -1.91. The van der Waals surface area contributed by atoms with Gasteiger partial charge in [-0.3, -0.25) is 4.79 Å². The van der Waals surface area contributed by atoms with Gasteiger partial charge in [-0.15, -0.1) is 0 Å². The van der Waals surface area contributed by atoms with E-state index in [0.717, 1.165) is 5.56 Å². The molecule has 1 amide bonds. The molecule has 1 atom stereocenters. The molecule has 1 aliphatic heterocycles. The number of carboxylic acid groups (broad SMARTS) is 1. The number of nitrogens with zero attached hydrogens (tertiary/aromatic N) is 1. The molecule has 1 N–H and O–H groups in total. The Labute approximate surface area is 123 Å². The Morgan fingerprint density at radius 2 is 1.81 bits per heavy atom. The molecule has 1 unspecified atom stereocenters. The molecule has 2 rings (SSSR count). The molecule has 0 bridgehead atoms. The topological polar surface area (TPSA) is 57.6 Å². The number of likely N-dealkylation sites (tertiary alicyclic amines) is 1. The lowest BCUT2D eigenvalue weighted by atomic mass is 9.86. The van der Waals surface area contributed by atoms with Crippen LogP contribution in [0.2, 0.25) is 0 Å². The molecule has 0 spiro atoms. The molecule has 4 nitrogen and oxygen atoms in total. The molecule has 0 saturated carbocycles. The number of aliphatic carboxylic acids is 1. The second-order valence-electron chi connectivity index (χ2n) is 6.57. The van der Waals surface area contributed by atoms with Crippen LogP contribution in [0.5, 0.6) is 0 Å². The average molecular weight is 293 g/mol. The third kappa shape index (κ3) is 3.06. The molecule has 0 aromatic heterocycles. The van der Waals surface area contributed by atoms with E-state index in [4.69, 9.17) is 5.11 Å². The van der Waals surface area contributed by atoms with Crippen LogP contribution in [-0.2, 0) is 10.2 Å². The first-order valence-electron chi connectivity index (χ1n) is 6.96. The zero-order valence-electron chi connectivity index (χ0n) is 12.5. The van der Waals surface area contributed by atoms with Crippen molar-refractivity contribution in [1.82, 2.24) is 4.90 Å². The number of hydrogen-bond donors (Lipinski definition) is 1. The molecule has 114 valence electrons. The van der Waals surface area contributed by atoms with E-state index in [2.05, 4.69) is 20.8 Å². The second kappa shape index (κ2) is 5.13. The van der Waals surface area contributed by atoms with E-state index >= 15 is 0 Å². The summed E-state index contributed by atoms with van der Waals surface area (Å²) in [6.07, 6.45) is -0.159. The van der Waals surface area contributed by atoms with Crippen molar-refractivity contribution in [2.24, 2.45) is 0 Å². The van der Waals surface area contributed by atoms with E-state index in [-0.39, 0.29) is 30.8 Å². The molecule has 1 aliphatic rings. The van der Waals surface area contributed by atoms with Gasteiger partial charge in [-0.1, -0.05) is 32.9 Å². The van der Waals surface area contributed by atoms with Crippen molar-refractivity contribution >= 4 is 11.9 Å². The minimum atomic E-state index is -2.32. The Morgan fingerprint density at radius 1 is 1.24 bits per heavy atom. The lowest BCUT2D eigenvalue weighted by Crippen LogP contribution is -2.38. The van der Waals surface area contributed by atoms with Gasteiger partial charge in [0.1, 0.15) is 0 Å². The standard InChI is InChI=1S/C16H20FNO3/c1-15(2,3)12-6-4-11(5-7-12)13(19)18-9-8-16(17,10-18)14(20)21/h4-7H,8-10H2,1-3H3,(H,20,21). The number of carboxylic acids is 1. The van der Waals surface area contributed by atoms with Crippen LogP contribution < -0.4 is 0 Å². The highest BCUT2D eigenvalue weighted by Gasteiger charge is 2.46. The number of rotatable bonds is 2. The number of alkyl halides is 1. The third-order valence-electron chi connectivity index (χ3n) is 3.89. The van der Waals surface area contributed by atoms with Crippen molar-refractivity contribution in [3.63, 3.8) is 0 Å². The lowest BCUT2D eigenvalue weighted by molar-refractivity contribution is -0.149. The van der Waals surface area contributed by atoms with Crippen molar-refractivity contribution in [1.29, 1.82) is 0 Å². The van der Waals surface area contributed by atoms with Crippen LogP contribution >= 0.6 is 0 Å². The van der Waals surface area contributed by atoms with Crippen molar-refractivity contribution in [3.8, 4) is 0 Å². The summed E-state index contributed by atoms with van der Waals surface area (Å²) < 4.78 is 14.0. The normalized spacial score (nSPS) is 22.4. The first kappa shape index (κ1) is 15.5. The van der Waals surface area contributed by atoms with Gasteiger partial charge in [0.15, 0.2) is 0 Å². The number of hydrogen-bond acceptors (Lipinski definition) is 2. The molecule has 1 fully saturated rings. The monoisotopic (exact) mass is 293 g/mol. The van der Waals surface area contributed by atoms with E-state index in [1.807, 2.05) is 12.1 Å². The number of amides is 1. The summed E-state index contributed by atoms with van der Waals surface area (Å²) in [6, 6.07) is 7.18. The first-order chi connectivity index (χ1) is 9.63. The molecule has 5 heteroatoms. The van der Waals surface area contributed by atoms with Crippen LogP contribution in [0.4, 0.5) is 4.39 Å². The maximum absolute atomic E-state index is 14.0. The zero-order chi connectivity index (χ0) is 15.8. The van der Waals surface area contributed by atoms with Gasteiger partial charge in [-0.25, -0.2) is 9.18 Å². The predicted octanol–water partition coefficient (Wildman–Crippen LogP) is 2.62. The predicted molar refractivity (Wildman–Crippen MR) is 77.1 cm³/mol. The fraction of sp³-hybridized carbons (Fsp3) is 0.500. The van der Waals surface area contributed by atoms with Gasteiger partial charge in [0.25, 0.3) is 5.91 Å². The lowest BCUT2D eigenvalue weighted by Gasteiger charge is -2.20. The Balaban J connectivity index is 2.13. The van der Waals surface area contributed by atoms with E-state index in [1.54, 1.807) is 12.1 Å². The van der Waals surface area contributed by atoms with Gasteiger partial charge in [0.05, 0.1) is 6.54 Å². The minimum absolute atomic E-state index is 0.00732.